The number of hydrogen-bond acceptors (Lipinski definition) is 7. The van der Waals surface area contributed by atoms with E-state index in [2.05, 4.69) is 25.2 Å². The van der Waals surface area contributed by atoms with Crippen molar-refractivity contribution in [3.05, 3.63) is 59.6 Å². The summed E-state index contributed by atoms with van der Waals surface area (Å²) in [6, 6.07) is 5.78. The maximum absolute atomic E-state index is 13.1. The molecule has 4 heterocycles. The zero-order valence-electron chi connectivity index (χ0n) is 17.9. The van der Waals surface area contributed by atoms with Crippen LogP contribution >= 0.6 is 11.6 Å². The molecular formula is C22H17ClF2N6O4. The zero-order valence-corrected chi connectivity index (χ0v) is 18.7. The number of carbonyl (C=O) groups excluding carboxylic acids is 2. The van der Waals surface area contributed by atoms with Crippen LogP contribution in [0.5, 0.6) is 5.75 Å². The second-order valence-electron chi connectivity index (χ2n) is 7.68. The van der Waals surface area contributed by atoms with E-state index in [9.17, 15) is 18.4 Å². The molecule has 3 aromatic heterocycles. The van der Waals surface area contributed by atoms with Gasteiger partial charge in [0.1, 0.15) is 23.1 Å². The SMILES string of the molecule is O=C1CCC(Cn2cc(NC(=O)c3cnn4cccnc34)c(-c3cc(Cl)ccc3OC(F)F)n2)O1. The van der Waals surface area contributed by atoms with Crippen LogP contribution in [0.25, 0.3) is 16.9 Å². The highest BCUT2D eigenvalue weighted by molar-refractivity contribution is 6.31. The van der Waals surface area contributed by atoms with Gasteiger partial charge in [0.25, 0.3) is 5.91 Å². The molecule has 4 aromatic rings. The van der Waals surface area contributed by atoms with Crippen LogP contribution in [0.15, 0.2) is 49.1 Å². The molecule has 1 amide bonds. The molecule has 0 aliphatic carbocycles. The van der Waals surface area contributed by atoms with Gasteiger partial charge >= 0.3 is 12.6 Å². The van der Waals surface area contributed by atoms with Gasteiger partial charge in [-0.3, -0.25) is 14.3 Å². The standard InChI is InChI=1S/C22H17ClF2N6O4/c23-12-2-4-17(35-22(24)25)14(8-12)19-16(11-30(29-19)10-13-3-5-18(32)34-13)28-21(33)15-9-27-31-7-1-6-26-20(15)31/h1-2,4,6-9,11,13,22H,3,5,10H2,(H,28,33). The summed E-state index contributed by atoms with van der Waals surface area (Å²) in [4.78, 5) is 28.8. The van der Waals surface area contributed by atoms with Crippen molar-refractivity contribution in [2.45, 2.75) is 32.1 Å². The fraction of sp³-hybridized carbons (Fsp3) is 0.227. The van der Waals surface area contributed by atoms with E-state index in [0.717, 1.165) is 0 Å². The number of nitrogens with one attached hydrogen (secondary N) is 1. The van der Waals surface area contributed by atoms with E-state index in [1.807, 2.05) is 0 Å². The smallest absolute Gasteiger partial charge is 0.387 e. The van der Waals surface area contributed by atoms with Crippen molar-refractivity contribution in [2.75, 3.05) is 5.32 Å². The van der Waals surface area contributed by atoms with Gasteiger partial charge in [-0.05, 0) is 30.7 Å². The summed E-state index contributed by atoms with van der Waals surface area (Å²) in [5, 5.41) is 11.6. The van der Waals surface area contributed by atoms with Gasteiger partial charge in [0.05, 0.1) is 18.4 Å². The van der Waals surface area contributed by atoms with E-state index in [-0.39, 0.29) is 45.8 Å². The number of alkyl halides is 2. The molecule has 1 saturated heterocycles. The van der Waals surface area contributed by atoms with E-state index < -0.39 is 18.6 Å². The second-order valence-corrected chi connectivity index (χ2v) is 8.12. The third-order valence-corrected chi connectivity index (χ3v) is 5.54. The first kappa shape index (κ1) is 22.7. The average Bonchev–Trinajstić information content (AvgIpc) is 3.53. The molecule has 0 radical (unpaired) electrons. The molecule has 0 saturated carbocycles. The number of fused-ring (bicyclic) bond motifs is 1. The molecular weight excluding hydrogens is 486 g/mol. The Balaban J connectivity index is 1.53. The Morgan fingerprint density at radius 2 is 2.23 bits per heavy atom. The van der Waals surface area contributed by atoms with E-state index in [1.54, 1.807) is 12.3 Å². The maximum atomic E-state index is 13.1. The number of esters is 1. The van der Waals surface area contributed by atoms with Gasteiger partial charge in [0.15, 0.2) is 5.65 Å². The minimum atomic E-state index is -3.09. The zero-order chi connectivity index (χ0) is 24.5. The monoisotopic (exact) mass is 502 g/mol. The van der Waals surface area contributed by atoms with Crippen LogP contribution in [0.2, 0.25) is 5.02 Å². The lowest BCUT2D eigenvalue weighted by Crippen LogP contribution is -2.16. The Hall–Kier alpha value is -4.06. The highest BCUT2D eigenvalue weighted by atomic mass is 35.5. The Labute approximate surface area is 201 Å². The van der Waals surface area contributed by atoms with E-state index in [4.69, 9.17) is 16.3 Å². The predicted molar refractivity (Wildman–Crippen MR) is 119 cm³/mol. The lowest BCUT2D eigenvalue weighted by molar-refractivity contribution is -0.141. The summed E-state index contributed by atoms with van der Waals surface area (Å²) in [5.74, 6) is -1.01. The molecule has 1 fully saturated rings. The van der Waals surface area contributed by atoms with Crippen LogP contribution in [0.4, 0.5) is 14.5 Å². The van der Waals surface area contributed by atoms with Crippen LogP contribution < -0.4 is 10.1 Å². The predicted octanol–water partition coefficient (Wildman–Crippen LogP) is 3.81. The van der Waals surface area contributed by atoms with Crippen LogP contribution in [-0.4, -0.2) is 49.0 Å². The number of anilines is 1. The Kier molecular flexibility index (Phi) is 6.03. The van der Waals surface area contributed by atoms with E-state index in [0.29, 0.717) is 18.5 Å². The number of ether oxygens (including phenoxy) is 2. The third-order valence-electron chi connectivity index (χ3n) is 5.31. The Morgan fingerprint density at radius 3 is 3.00 bits per heavy atom. The largest absolute Gasteiger partial charge is 0.460 e. The lowest BCUT2D eigenvalue weighted by Gasteiger charge is -2.11. The van der Waals surface area contributed by atoms with E-state index >= 15 is 0 Å². The summed E-state index contributed by atoms with van der Waals surface area (Å²) in [5.41, 5.74) is 1.03. The molecule has 0 bridgehead atoms. The number of nitrogens with zero attached hydrogens (tertiary/aromatic N) is 5. The molecule has 1 N–H and O–H groups in total. The van der Waals surface area contributed by atoms with Crippen LogP contribution in [0.1, 0.15) is 23.2 Å². The summed E-state index contributed by atoms with van der Waals surface area (Å²) >= 11 is 6.13. The normalized spacial score (nSPS) is 15.5. The molecule has 1 aromatic carbocycles. The topological polar surface area (TPSA) is 113 Å². The number of hydrogen-bond donors (Lipinski definition) is 1. The number of carbonyl (C=O) groups is 2. The molecule has 0 spiro atoms. The number of aromatic nitrogens is 5. The molecule has 1 aliphatic heterocycles. The Morgan fingerprint density at radius 1 is 1.37 bits per heavy atom. The van der Waals surface area contributed by atoms with Gasteiger partial charge in [0, 0.05) is 35.6 Å². The average molecular weight is 503 g/mol. The highest BCUT2D eigenvalue weighted by Gasteiger charge is 2.26. The molecule has 10 nitrogen and oxygen atoms in total. The van der Waals surface area contributed by atoms with Crippen molar-refractivity contribution in [1.29, 1.82) is 0 Å². The van der Waals surface area contributed by atoms with Gasteiger partial charge in [-0.1, -0.05) is 11.6 Å². The quantitative estimate of drug-likeness (QED) is 0.382. The minimum Gasteiger partial charge on any atom is -0.460 e. The van der Waals surface area contributed by atoms with Crippen molar-refractivity contribution >= 4 is 34.8 Å². The molecule has 1 aliphatic rings. The number of benzene rings is 1. The summed E-state index contributed by atoms with van der Waals surface area (Å²) in [6.45, 7) is -2.88. The first-order valence-corrected chi connectivity index (χ1v) is 10.9. The number of cyclic esters (lactones) is 1. The lowest BCUT2D eigenvalue weighted by atomic mass is 10.1. The molecule has 1 unspecified atom stereocenters. The molecule has 1 atom stereocenters. The molecule has 5 rings (SSSR count). The number of halogens is 3. The van der Waals surface area contributed by atoms with Crippen molar-refractivity contribution in [3.8, 4) is 17.0 Å². The van der Waals surface area contributed by atoms with Gasteiger partial charge < -0.3 is 14.8 Å². The first-order chi connectivity index (χ1) is 16.9. The summed E-state index contributed by atoms with van der Waals surface area (Å²) < 4.78 is 38.9. The first-order valence-electron chi connectivity index (χ1n) is 10.5. The fourth-order valence-electron chi connectivity index (χ4n) is 3.79. The van der Waals surface area contributed by atoms with Crippen LogP contribution in [-0.2, 0) is 16.1 Å². The Bertz CT molecular complexity index is 1420. The van der Waals surface area contributed by atoms with Crippen molar-refractivity contribution in [1.82, 2.24) is 24.4 Å². The molecule has 35 heavy (non-hydrogen) atoms. The number of amides is 1. The number of rotatable bonds is 7. The highest BCUT2D eigenvalue weighted by Crippen LogP contribution is 2.37. The van der Waals surface area contributed by atoms with Gasteiger partial charge in [-0.25, -0.2) is 9.50 Å². The fourth-order valence-corrected chi connectivity index (χ4v) is 3.96. The maximum Gasteiger partial charge on any atom is 0.387 e. The second kappa shape index (κ2) is 9.29. The minimum absolute atomic E-state index is 0.144. The third kappa shape index (κ3) is 4.78. The summed E-state index contributed by atoms with van der Waals surface area (Å²) in [7, 11) is 0. The van der Waals surface area contributed by atoms with Crippen molar-refractivity contribution in [3.63, 3.8) is 0 Å². The van der Waals surface area contributed by atoms with Gasteiger partial charge in [0.2, 0.25) is 0 Å². The van der Waals surface area contributed by atoms with Crippen molar-refractivity contribution < 1.29 is 27.8 Å². The molecule has 13 heteroatoms. The van der Waals surface area contributed by atoms with Crippen molar-refractivity contribution in [2.24, 2.45) is 0 Å². The van der Waals surface area contributed by atoms with E-state index in [1.165, 1.54) is 46.0 Å². The molecule has 180 valence electrons. The summed E-state index contributed by atoms with van der Waals surface area (Å²) in [6.07, 6.45) is 6.46. The van der Waals surface area contributed by atoms with Crippen LogP contribution in [0, 0.1) is 0 Å². The van der Waals surface area contributed by atoms with Gasteiger partial charge in [-0.2, -0.15) is 19.0 Å². The van der Waals surface area contributed by atoms with Crippen LogP contribution in [0.3, 0.4) is 0 Å². The van der Waals surface area contributed by atoms with Gasteiger partial charge in [-0.15, -0.1) is 0 Å².